The Hall–Kier alpha value is -1.39. The molecule has 1 atom stereocenters. The third-order valence-corrected chi connectivity index (χ3v) is 4.51. The second kappa shape index (κ2) is 7.05. The van der Waals surface area contributed by atoms with Crippen LogP contribution in [0.2, 0.25) is 0 Å². The van der Waals surface area contributed by atoms with Crippen LogP contribution in [-0.2, 0) is 4.74 Å². The maximum absolute atomic E-state index is 5.27. The topological polar surface area (TPSA) is 26.5 Å². The Morgan fingerprint density at radius 2 is 1.86 bits per heavy atom. The molecule has 0 radical (unpaired) electrons. The van der Waals surface area contributed by atoms with Crippen molar-refractivity contribution in [2.45, 2.75) is 39.7 Å². The van der Waals surface area contributed by atoms with Crippen LogP contribution < -0.4 is 4.80 Å². The zero-order valence-corrected chi connectivity index (χ0v) is 14.3. The highest BCUT2D eigenvalue weighted by Crippen LogP contribution is 2.19. The van der Waals surface area contributed by atoms with E-state index in [1.807, 2.05) is 0 Å². The van der Waals surface area contributed by atoms with Gasteiger partial charge in [0.1, 0.15) is 0 Å². The molecule has 0 aliphatic carbocycles. The summed E-state index contributed by atoms with van der Waals surface area (Å²) in [7, 11) is 1.74. The molecular weight excluding hydrogens is 280 g/mol. The van der Waals surface area contributed by atoms with Crippen molar-refractivity contribution in [3.63, 3.8) is 0 Å². The Morgan fingerprint density at radius 1 is 1.19 bits per heavy atom. The summed E-state index contributed by atoms with van der Waals surface area (Å²) in [6, 6.07) is 8.79. The molecule has 0 N–H and O–H groups in total. The predicted octanol–water partition coefficient (Wildman–Crippen LogP) is 4.42. The molecule has 0 spiro atoms. The van der Waals surface area contributed by atoms with E-state index >= 15 is 0 Å². The van der Waals surface area contributed by atoms with E-state index in [2.05, 4.69) is 61.9 Å². The van der Waals surface area contributed by atoms with Gasteiger partial charge in [0.05, 0.1) is 18.3 Å². The third-order valence-electron chi connectivity index (χ3n) is 3.55. The van der Waals surface area contributed by atoms with E-state index < -0.39 is 0 Å². The molecule has 1 heterocycles. The van der Waals surface area contributed by atoms with Crippen molar-refractivity contribution in [2.24, 2.45) is 4.99 Å². The van der Waals surface area contributed by atoms with Crippen molar-refractivity contribution in [1.29, 1.82) is 0 Å². The number of aromatic nitrogens is 1. The van der Waals surface area contributed by atoms with Gasteiger partial charge in [-0.1, -0.05) is 26.0 Å². The van der Waals surface area contributed by atoms with Crippen molar-refractivity contribution in [1.82, 2.24) is 4.57 Å². The van der Waals surface area contributed by atoms with Crippen molar-refractivity contribution in [3.05, 3.63) is 45.7 Å². The SMILES string of the molecule is COCC(C)n1c(C)csc1=Nc1ccc(C(C)C)cc1. The minimum absolute atomic E-state index is 0.287. The van der Waals surface area contributed by atoms with Gasteiger partial charge in [-0.15, -0.1) is 11.3 Å². The molecule has 1 aromatic carbocycles. The van der Waals surface area contributed by atoms with Crippen LogP contribution in [0.1, 0.15) is 44.0 Å². The summed E-state index contributed by atoms with van der Waals surface area (Å²) in [5, 5.41) is 2.15. The highest BCUT2D eigenvalue weighted by Gasteiger charge is 2.09. The van der Waals surface area contributed by atoms with Crippen molar-refractivity contribution >= 4 is 17.0 Å². The molecule has 4 heteroatoms. The quantitative estimate of drug-likeness (QED) is 0.803. The Balaban J connectivity index is 2.37. The van der Waals surface area contributed by atoms with Gasteiger partial charge in [-0.3, -0.25) is 0 Å². The van der Waals surface area contributed by atoms with Gasteiger partial charge in [0, 0.05) is 18.2 Å². The average Bonchev–Trinajstić information content (AvgIpc) is 2.80. The third kappa shape index (κ3) is 3.83. The largest absolute Gasteiger partial charge is 0.383 e. The smallest absolute Gasteiger partial charge is 0.190 e. The van der Waals surface area contributed by atoms with Crippen LogP contribution in [0, 0.1) is 6.92 Å². The fraction of sp³-hybridized carbons (Fsp3) is 0.471. The molecule has 0 aliphatic heterocycles. The molecule has 0 saturated heterocycles. The predicted molar refractivity (Wildman–Crippen MR) is 89.4 cm³/mol. The number of hydrogen-bond donors (Lipinski definition) is 0. The average molecular weight is 304 g/mol. The van der Waals surface area contributed by atoms with Gasteiger partial charge >= 0.3 is 0 Å². The Morgan fingerprint density at radius 3 is 2.43 bits per heavy atom. The maximum Gasteiger partial charge on any atom is 0.190 e. The molecule has 3 nitrogen and oxygen atoms in total. The summed E-state index contributed by atoms with van der Waals surface area (Å²) in [6.45, 7) is 9.37. The second-order valence-corrected chi connectivity index (χ2v) is 6.53. The van der Waals surface area contributed by atoms with Crippen LogP contribution >= 0.6 is 11.3 Å². The summed E-state index contributed by atoms with van der Waals surface area (Å²) in [5.41, 5.74) is 3.57. The van der Waals surface area contributed by atoms with E-state index in [9.17, 15) is 0 Å². The zero-order chi connectivity index (χ0) is 15.4. The number of rotatable bonds is 5. The highest BCUT2D eigenvalue weighted by molar-refractivity contribution is 7.07. The van der Waals surface area contributed by atoms with Crippen LogP contribution in [-0.4, -0.2) is 18.3 Å². The summed E-state index contributed by atoms with van der Waals surface area (Å²) in [6.07, 6.45) is 0. The number of methoxy groups -OCH3 is 1. The first-order valence-electron chi connectivity index (χ1n) is 7.33. The molecule has 2 aromatic rings. The van der Waals surface area contributed by atoms with Crippen molar-refractivity contribution < 1.29 is 4.74 Å². The first-order chi connectivity index (χ1) is 10.0. The lowest BCUT2D eigenvalue weighted by Gasteiger charge is -2.14. The molecule has 0 saturated carbocycles. The van der Waals surface area contributed by atoms with Gasteiger partial charge in [0.25, 0.3) is 0 Å². The normalized spacial score (nSPS) is 13.9. The minimum atomic E-state index is 0.287. The van der Waals surface area contributed by atoms with Crippen LogP contribution in [0.15, 0.2) is 34.6 Å². The molecule has 2 rings (SSSR count). The highest BCUT2D eigenvalue weighted by atomic mass is 32.1. The van der Waals surface area contributed by atoms with Crippen molar-refractivity contribution in [3.8, 4) is 0 Å². The molecule has 0 fully saturated rings. The summed E-state index contributed by atoms with van der Waals surface area (Å²) in [4.78, 5) is 5.81. The maximum atomic E-state index is 5.27. The lowest BCUT2D eigenvalue weighted by atomic mass is 10.0. The Labute approximate surface area is 130 Å². The molecule has 0 amide bonds. The van der Waals surface area contributed by atoms with Gasteiger partial charge < -0.3 is 9.30 Å². The lowest BCUT2D eigenvalue weighted by Crippen LogP contribution is -2.23. The molecule has 114 valence electrons. The van der Waals surface area contributed by atoms with Crippen LogP contribution in [0.4, 0.5) is 5.69 Å². The van der Waals surface area contributed by atoms with E-state index in [1.54, 1.807) is 18.4 Å². The van der Waals surface area contributed by atoms with E-state index in [1.165, 1.54) is 11.3 Å². The zero-order valence-electron chi connectivity index (χ0n) is 13.5. The van der Waals surface area contributed by atoms with Gasteiger partial charge in [-0.2, -0.15) is 0 Å². The van der Waals surface area contributed by atoms with E-state index in [-0.39, 0.29) is 6.04 Å². The molecule has 0 aliphatic rings. The Bertz CT molecular complexity index is 638. The van der Waals surface area contributed by atoms with E-state index in [0.29, 0.717) is 12.5 Å². The first-order valence-corrected chi connectivity index (χ1v) is 8.21. The summed E-state index contributed by atoms with van der Waals surface area (Å²) < 4.78 is 7.51. The Kier molecular flexibility index (Phi) is 5.37. The fourth-order valence-electron chi connectivity index (χ4n) is 2.38. The fourth-order valence-corrected chi connectivity index (χ4v) is 3.36. The minimum Gasteiger partial charge on any atom is -0.383 e. The van der Waals surface area contributed by atoms with E-state index in [4.69, 9.17) is 9.73 Å². The number of ether oxygens (including phenoxy) is 1. The second-order valence-electron chi connectivity index (χ2n) is 5.69. The summed E-state index contributed by atoms with van der Waals surface area (Å²) in [5.74, 6) is 0.551. The number of nitrogens with zero attached hydrogens (tertiary/aromatic N) is 2. The molecule has 0 bridgehead atoms. The van der Waals surface area contributed by atoms with Crippen LogP contribution in [0.25, 0.3) is 0 Å². The van der Waals surface area contributed by atoms with E-state index in [0.717, 1.165) is 10.5 Å². The lowest BCUT2D eigenvalue weighted by molar-refractivity contribution is 0.160. The number of aryl methyl sites for hydroxylation is 1. The number of benzene rings is 1. The number of thiazole rings is 1. The number of hydrogen-bond acceptors (Lipinski definition) is 3. The van der Waals surface area contributed by atoms with Gasteiger partial charge in [0.2, 0.25) is 0 Å². The van der Waals surface area contributed by atoms with Crippen LogP contribution in [0.5, 0.6) is 0 Å². The summed E-state index contributed by atoms with van der Waals surface area (Å²) >= 11 is 1.68. The molecular formula is C17H24N2OS. The first kappa shape index (κ1) is 16.0. The van der Waals surface area contributed by atoms with Gasteiger partial charge in [-0.05, 0) is 37.5 Å². The van der Waals surface area contributed by atoms with Crippen LogP contribution in [0.3, 0.4) is 0 Å². The molecule has 1 aromatic heterocycles. The van der Waals surface area contributed by atoms with Crippen molar-refractivity contribution in [2.75, 3.05) is 13.7 Å². The van der Waals surface area contributed by atoms with Gasteiger partial charge in [-0.25, -0.2) is 4.99 Å². The molecule has 21 heavy (non-hydrogen) atoms. The molecule has 1 unspecified atom stereocenters. The van der Waals surface area contributed by atoms with Gasteiger partial charge in [0.15, 0.2) is 4.80 Å². The standard InChI is InChI=1S/C17H24N2OS/c1-12(2)15-6-8-16(9-7-15)18-17-19(13(3)10-20-5)14(4)11-21-17/h6-9,11-13H,10H2,1-5H3. The monoisotopic (exact) mass is 304 g/mol.